The van der Waals surface area contributed by atoms with Gasteiger partial charge in [0.25, 0.3) is 0 Å². The van der Waals surface area contributed by atoms with Gasteiger partial charge in [0.05, 0.1) is 11.6 Å². The summed E-state index contributed by atoms with van der Waals surface area (Å²) in [5, 5.41) is 0. The van der Waals surface area contributed by atoms with E-state index in [0.29, 0.717) is 18.1 Å². The zero-order chi connectivity index (χ0) is 13.5. The molecule has 0 aliphatic heterocycles. The van der Waals surface area contributed by atoms with Gasteiger partial charge in [-0.25, -0.2) is 0 Å². The minimum atomic E-state index is 0.104. The van der Waals surface area contributed by atoms with Gasteiger partial charge in [-0.3, -0.25) is 0 Å². The predicted molar refractivity (Wildman–Crippen MR) is 78.5 cm³/mol. The fraction of sp³-hybridized carbons (Fsp3) is 0.385. The molecule has 0 aromatic heterocycles. The van der Waals surface area contributed by atoms with E-state index in [1.807, 2.05) is 19.1 Å². The van der Waals surface area contributed by atoms with Crippen LogP contribution in [0.4, 0.5) is 0 Å². The summed E-state index contributed by atoms with van der Waals surface area (Å²) in [6.45, 7) is 2.36. The Balaban J connectivity index is 2.96. The van der Waals surface area contributed by atoms with Crippen molar-refractivity contribution in [1.82, 2.24) is 0 Å². The number of hydrogen-bond donors (Lipinski definition) is 1. The molecule has 2 N–H and O–H groups in total. The van der Waals surface area contributed by atoms with E-state index in [0.717, 1.165) is 16.5 Å². The van der Waals surface area contributed by atoms with Gasteiger partial charge in [0.15, 0.2) is 11.5 Å². The number of methoxy groups -OCH3 is 1. The lowest BCUT2D eigenvalue weighted by molar-refractivity contribution is 0.324. The van der Waals surface area contributed by atoms with Crippen molar-refractivity contribution >= 4 is 27.5 Å². The summed E-state index contributed by atoms with van der Waals surface area (Å²) >= 11 is 8.92. The molecule has 100 valence electrons. The molecule has 5 heteroatoms. The Bertz CT molecular complexity index is 422. The first-order valence-corrected chi connectivity index (χ1v) is 6.81. The van der Waals surface area contributed by atoms with Gasteiger partial charge in [-0.15, -0.1) is 0 Å². The fourth-order valence-corrected chi connectivity index (χ4v) is 2.25. The van der Waals surface area contributed by atoms with Crippen molar-refractivity contribution < 1.29 is 9.47 Å². The van der Waals surface area contributed by atoms with Crippen molar-refractivity contribution in [2.75, 3.05) is 13.7 Å². The monoisotopic (exact) mass is 333 g/mol. The number of rotatable bonds is 6. The number of hydrogen-bond acceptors (Lipinski definition) is 3. The molecular formula is C13H17BrClNO2. The molecule has 0 aliphatic rings. The van der Waals surface area contributed by atoms with Gasteiger partial charge in [-0.2, -0.15) is 0 Å². The largest absolute Gasteiger partial charge is 0.493 e. The van der Waals surface area contributed by atoms with E-state index < -0.39 is 0 Å². The molecule has 0 heterocycles. The normalized spacial score (nSPS) is 12.7. The van der Waals surface area contributed by atoms with Gasteiger partial charge in [0, 0.05) is 11.6 Å². The van der Waals surface area contributed by atoms with Crippen LogP contribution in [0, 0.1) is 0 Å². The summed E-state index contributed by atoms with van der Waals surface area (Å²) in [6, 6.07) is 4.03. The van der Waals surface area contributed by atoms with Crippen LogP contribution in [-0.2, 0) is 6.42 Å². The number of halogens is 2. The molecule has 0 spiro atoms. The van der Waals surface area contributed by atoms with E-state index in [2.05, 4.69) is 15.9 Å². The molecular weight excluding hydrogens is 318 g/mol. The Hall–Kier alpha value is -0.710. The zero-order valence-electron chi connectivity index (χ0n) is 10.5. The van der Waals surface area contributed by atoms with Crippen LogP contribution in [0.15, 0.2) is 28.2 Å². The lowest BCUT2D eigenvalue weighted by Gasteiger charge is -2.14. The highest BCUT2D eigenvalue weighted by molar-refractivity contribution is 9.10. The third-order valence-electron chi connectivity index (χ3n) is 2.26. The summed E-state index contributed by atoms with van der Waals surface area (Å²) in [6.07, 6.45) is 2.50. The van der Waals surface area contributed by atoms with Crippen molar-refractivity contribution in [2.45, 2.75) is 19.4 Å². The average Bonchev–Trinajstić information content (AvgIpc) is 2.30. The van der Waals surface area contributed by atoms with Crippen LogP contribution >= 0.6 is 27.5 Å². The van der Waals surface area contributed by atoms with Crippen molar-refractivity contribution in [1.29, 1.82) is 0 Å². The number of benzene rings is 1. The van der Waals surface area contributed by atoms with Crippen LogP contribution in [0.5, 0.6) is 11.5 Å². The molecule has 18 heavy (non-hydrogen) atoms. The van der Waals surface area contributed by atoms with E-state index in [1.165, 1.54) is 5.54 Å². The third kappa shape index (κ3) is 4.52. The summed E-state index contributed by atoms with van der Waals surface area (Å²) in [5.74, 6) is 1.35. The fourth-order valence-electron chi connectivity index (χ4n) is 1.57. The van der Waals surface area contributed by atoms with Crippen LogP contribution in [-0.4, -0.2) is 19.8 Å². The average molecular weight is 335 g/mol. The molecule has 0 amide bonds. The molecule has 0 aliphatic carbocycles. The van der Waals surface area contributed by atoms with Crippen LogP contribution in [0.1, 0.15) is 12.5 Å². The number of nitrogens with two attached hydrogens (primary N) is 1. The molecule has 1 aromatic rings. The molecule has 1 atom stereocenters. The smallest absolute Gasteiger partial charge is 0.175 e. The van der Waals surface area contributed by atoms with E-state index in [4.69, 9.17) is 26.8 Å². The quantitative estimate of drug-likeness (QED) is 0.866. The van der Waals surface area contributed by atoms with Crippen molar-refractivity contribution in [3.05, 3.63) is 33.8 Å². The molecule has 1 rings (SSSR count). The first-order chi connectivity index (χ1) is 8.58. The summed E-state index contributed by atoms with van der Waals surface area (Å²) in [4.78, 5) is 0. The topological polar surface area (TPSA) is 44.5 Å². The van der Waals surface area contributed by atoms with E-state index in [-0.39, 0.29) is 6.04 Å². The second-order valence-electron chi connectivity index (χ2n) is 3.96. The summed E-state index contributed by atoms with van der Waals surface area (Å²) in [7, 11) is 1.61. The van der Waals surface area contributed by atoms with E-state index in [9.17, 15) is 0 Å². The first kappa shape index (κ1) is 15.3. The van der Waals surface area contributed by atoms with Gasteiger partial charge in [-0.1, -0.05) is 11.6 Å². The minimum absolute atomic E-state index is 0.104. The van der Waals surface area contributed by atoms with Gasteiger partial charge in [0.1, 0.15) is 6.61 Å². The highest BCUT2D eigenvalue weighted by Crippen LogP contribution is 2.36. The van der Waals surface area contributed by atoms with E-state index >= 15 is 0 Å². The predicted octanol–water partition coefficient (Wildman–Crippen LogP) is 3.48. The molecule has 3 nitrogen and oxygen atoms in total. The lowest BCUT2D eigenvalue weighted by atomic mass is 10.1. The maximum Gasteiger partial charge on any atom is 0.175 e. The Kier molecular flexibility index (Phi) is 6.54. The van der Waals surface area contributed by atoms with Gasteiger partial charge in [-0.05, 0) is 53.0 Å². The second-order valence-corrected chi connectivity index (χ2v) is 5.07. The van der Waals surface area contributed by atoms with Crippen LogP contribution in [0.25, 0.3) is 0 Å². The Morgan fingerprint density at radius 2 is 2.22 bits per heavy atom. The molecule has 0 bridgehead atoms. The Morgan fingerprint density at radius 1 is 1.50 bits per heavy atom. The molecule has 1 unspecified atom stereocenters. The molecule has 1 aromatic carbocycles. The molecule has 0 saturated carbocycles. The second kappa shape index (κ2) is 7.67. The minimum Gasteiger partial charge on any atom is -0.493 e. The lowest BCUT2D eigenvalue weighted by Crippen LogP contribution is -2.17. The highest BCUT2D eigenvalue weighted by Gasteiger charge is 2.12. The van der Waals surface area contributed by atoms with Gasteiger partial charge in [0.2, 0.25) is 0 Å². The van der Waals surface area contributed by atoms with Crippen molar-refractivity contribution in [2.24, 2.45) is 5.73 Å². The maximum absolute atomic E-state index is 5.79. The number of ether oxygens (including phenoxy) is 2. The van der Waals surface area contributed by atoms with Crippen LogP contribution < -0.4 is 15.2 Å². The molecule has 0 saturated heterocycles. The summed E-state index contributed by atoms with van der Waals surface area (Å²) < 4.78 is 11.8. The summed E-state index contributed by atoms with van der Waals surface area (Å²) in [5.41, 5.74) is 8.32. The van der Waals surface area contributed by atoms with Crippen LogP contribution in [0.2, 0.25) is 0 Å². The Labute approximate surface area is 121 Å². The zero-order valence-corrected chi connectivity index (χ0v) is 12.8. The SMILES string of the molecule is COc1cc(CC(C)N)cc(Br)c1OC/C=C/Cl. The van der Waals surface area contributed by atoms with Gasteiger partial charge >= 0.3 is 0 Å². The molecule has 0 radical (unpaired) electrons. The Morgan fingerprint density at radius 3 is 2.78 bits per heavy atom. The van der Waals surface area contributed by atoms with E-state index in [1.54, 1.807) is 13.2 Å². The third-order valence-corrected chi connectivity index (χ3v) is 3.03. The molecule has 0 fully saturated rings. The van der Waals surface area contributed by atoms with Crippen molar-refractivity contribution in [3.8, 4) is 11.5 Å². The van der Waals surface area contributed by atoms with Gasteiger partial charge < -0.3 is 15.2 Å². The van der Waals surface area contributed by atoms with Crippen LogP contribution in [0.3, 0.4) is 0 Å². The van der Waals surface area contributed by atoms with Crippen molar-refractivity contribution in [3.63, 3.8) is 0 Å². The first-order valence-electron chi connectivity index (χ1n) is 5.58. The highest BCUT2D eigenvalue weighted by atomic mass is 79.9. The standard InChI is InChI=1S/C13H17BrClNO2/c1-9(16)6-10-7-11(14)13(12(8-10)17-2)18-5-3-4-15/h3-4,7-9H,5-6,16H2,1-2H3/b4-3+. The maximum atomic E-state index is 5.79.